The maximum Gasteiger partial charge on any atom is 0.266 e. The van der Waals surface area contributed by atoms with Gasteiger partial charge in [0.1, 0.15) is 17.5 Å². The van der Waals surface area contributed by atoms with Gasteiger partial charge in [0, 0.05) is 23.8 Å². The lowest BCUT2D eigenvalue weighted by atomic mass is 10.1. The Kier molecular flexibility index (Phi) is 4.93. The number of benzene rings is 1. The van der Waals surface area contributed by atoms with E-state index in [0.29, 0.717) is 17.0 Å². The van der Waals surface area contributed by atoms with E-state index in [1.807, 2.05) is 6.20 Å². The lowest BCUT2D eigenvalue weighted by molar-refractivity contribution is 0.146. The molecule has 2 aliphatic rings. The van der Waals surface area contributed by atoms with Gasteiger partial charge in [-0.3, -0.25) is 0 Å². The zero-order chi connectivity index (χ0) is 20.9. The number of aryl methyl sites for hydroxylation is 1. The first-order valence-corrected chi connectivity index (χ1v) is 10.0. The lowest BCUT2D eigenvalue weighted by Crippen LogP contribution is -2.44. The van der Waals surface area contributed by atoms with Crippen molar-refractivity contribution in [2.24, 2.45) is 0 Å². The number of rotatable bonds is 5. The van der Waals surface area contributed by atoms with Crippen molar-refractivity contribution in [1.82, 2.24) is 14.9 Å². The first kappa shape index (κ1) is 19.9. The van der Waals surface area contributed by atoms with Crippen LogP contribution in [0, 0.1) is 12.7 Å². The Morgan fingerprint density at radius 1 is 1.31 bits per heavy atom. The first-order valence-electron chi connectivity index (χ1n) is 9.25. The fourth-order valence-electron chi connectivity index (χ4n) is 3.44. The molecule has 4 nitrogen and oxygen atoms in total. The second-order valence-electron chi connectivity index (χ2n) is 7.61. The van der Waals surface area contributed by atoms with E-state index in [4.69, 9.17) is 0 Å². The Morgan fingerprint density at radius 3 is 2.69 bits per heavy atom. The van der Waals surface area contributed by atoms with Crippen LogP contribution in [0.2, 0.25) is 0 Å². The van der Waals surface area contributed by atoms with E-state index in [2.05, 4.69) is 49.6 Å². The minimum absolute atomic E-state index is 0.00759. The molecule has 152 valence electrons. The quantitative estimate of drug-likeness (QED) is 0.723. The molecule has 4 rings (SSSR count). The molecule has 2 heterocycles. The maximum absolute atomic E-state index is 14.4. The fraction of sp³-hybridized carbons (Fsp3) is 0.333. The van der Waals surface area contributed by atoms with Crippen LogP contribution >= 0.6 is 15.9 Å². The summed E-state index contributed by atoms with van der Waals surface area (Å²) in [6.07, 6.45) is 1.21. The van der Waals surface area contributed by atoms with Crippen LogP contribution in [0.15, 0.2) is 30.5 Å². The third-order valence-corrected chi connectivity index (χ3v) is 6.25. The van der Waals surface area contributed by atoms with E-state index in [9.17, 15) is 13.2 Å². The molecular formula is C21H20BrF3N4. The number of fused-ring (bicyclic) bond motifs is 1. The van der Waals surface area contributed by atoms with E-state index in [1.54, 1.807) is 6.92 Å². The van der Waals surface area contributed by atoms with Gasteiger partial charge in [0.15, 0.2) is 0 Å². The number of nitrogens with zero attached hydrogens (tertiary/aromatic N) is 3. The molecule has 0 atom stereocenters. The van der Waals surface area contributed by atoms with Gasteiger partial charge in [0.25, 0.3) is 6.43 Å². The predicted octanol–water partition coefficient (Wildman–Crippen LogP) is 4.10. The van der Waals surface area contributed by atoms with Crippen molar-refractivity contribution in [2.45, 2.75) is 45.2 Å². The van der Waals surface area contributed by atoms with Gasteiger partial charge in [0.2, 0.25) is 0 Å². The average molecular weight is 465 g/mol. The summed E-state index contributed by atoms with van der Waals surface area (Å²) in [4.78, 5) is 11.1. The van der Waals surface area contributed by atoms with E-state index in [1.165, 1.54) is 12.1 Å². The molecule has 0 saturated heterocycles. The number of allylic oxidation sites excluding steroid dienone is 1. The van der Waals surface area contributed by atoms with Gasteiger partial charge in [-0.25, -0.2) is 23.1 Å². The van der Waals surface area contributed by atoms with Crippen molar-refractivity contribution >= 4 is 32.4 Å². The largest absolute Gasteiger partial charge is 0.365 e. The van der Waals surface area contributed by atoms with Crippen molar-refractivity contribution in [3.8, 4) is 0 Å². The maximum atomic E-state index is 14.4. The van der Waals surface area contributed by atoms with E-state index >= 15 is 0 Å². The Hall–Kier alpha value is -2.35. The van der Waals surface area contributed by atoms with Gasteiger partial charge >= 0.3 is 0 Å². The van der Waals surface area contributed by atoms with Crippen LogP contribution in [-0.2, 0) is 6.54 Å². The summed E-state index contributed by atoms with van der Waals surface area (Å²) < 4.78 is 41.1. The fourth-order valence-corrected chi connectivity index (χ4v) is 3.94. The number of halogens is 4. The molecule has 0 unspecified atom stereocenters. The molecule has 1 N–H and O–H groups in total. The second kappa shape index (κ2) is 7.16. The SMILES string of the molecule is C=C1C(Br)=c2nc(C)nc(NCc3cccc(C(F)F)c3F)c2=CN1C1(C)CC1. The third-order valence-electron chi connectivity index (χ3n) is 5.41. The zero-order valence-electron chi connectivity index (χ0n) is 16.1. The van der Waals surface area contributed by atoms with Gasteiger partial charge < -0.3 is 10.2 Å². The summed E-state index contributed by atoms with van der Waals surface area (Å²) in [5.41, 5.74) is 0.393. The monoisotopic (exact) mass is 464 g/mol. The van der Waals surface area contributed by atoms with Gasteiger partial charge in [-0.05, 0) is 42.6 Å². The normalized spacial score (nSPS) is 17.3. The number of nitrogens with one attached hydrogen (secondary N) is 1. The highest BCUT2D eigenvalue weighted by molar-refractivity contribution is 9.15. The number of anilines is 1. The molecule has 0 spiro atoms. The van der Waals surface area contributed by atoms with E-state index in [-0.39, 0.29) is 17.6 Å². The smallest absolute Gasteiger partial charge is 0.266 e. The highest BCUT2D eigenvalue weighted by atomic mass is 79.9. The van der Waals surface area contributed by atoms with Crippen LogP contribution in [0.1, 0.15) is 43.1 Å². The summed E-state index contributed by atoms with van der Waals surface area (Å²) in [5, 5.41) is 4.57. The number of alkyl halides is 2. The summed E-state index contributed by atoms with van der Waals surface area (Å²) in [6, 6.07) is 4.01. The van der Waals surface area contributed by atoms with Crippen molar-refractivity contribution < 1.29 is 13.2 Å². The Bertz CT molecular complexity index is 1130. The topological polar surface area (TPSA) is 41.1 Å². The van der Waals surface area contributed by atoms with Crippen LogP contribution in [0.5, 0.6) is 0 Å². The van der Waals surface area contributed by atoms with Crippen LogP contribution < -0.4 is 15.9 Å². The standard InChI is InChI=1S/C21H20BrF3N4/c1-11-16(22)18-15(10-29(11)21(3)7-8-21)20(28-12(2)27-18)26-9-13-5-4-6-14(17(13)23)19(24)25/h4-6,10,19H,1,7-9H2,2-3H3,(H,26,27,28). The molecular weight excluding hydrogens is 445 g/mol. The van der Waals surface area contributed by atoms with Crippen molar-refractivity contribution in [2.75, 3.05) is 5.32 Å². The first-order chi connectivity index (χ1) is 13.7. The average Bonchev–Trinajstić information content (AvgIpc) is 3.42. The summed E-state index contributed by atoms with van der Waals surface area (Å²) in [7, 11) is 0. The predicted molar refractivity (Wildman–Crippen MR) is 110 cm³/mol. The van der Waals surface area contributed by atoms with E-state index < -0.39 is 17.8 Å². The summed E-state index contributed by atoms with van der Waals surface area (Å²) in [5.74, 6) is 0.164. The number of aromatic nitrogens is 2. The third kappa shape index (κ3) is 3.54. The van der Waals surface area contributed by atoms with Gasteiger partial charge in [0.05, 0.1) is 26.3 Å². The highest BCUT2D eigenvalue weighted by Crippen LogP contribution is 2.45. The molecule has 0 radical (unpaired) electrons. The minimum Gasteiger partial charge on any atom is -0.365 e. The zero-order valence-corrected chi connectivity index (χ0v) is 17.7. The molecule has 1 saturated carbocycles. The minimum atomic E-state index is -2.86. The molecule has 1 aliphatic heterocycles. The molecule has 1 aromatic heterocycles. The molecule has 2 aromatic rings. The van der Waals surface area contributed by atoms with Crippen LogP contribution in [0.25, 0.3) is 10.7 Å². The molecule has 8 heteroatoms. The van der Waals surface area contributed by atoms with Crippen molar-refractivity contribution in [3.05, 3.63) is 63.8 Å². The molecule has 0 amide bonds. The van der Waals surface area contributed by atoms with Gasteiger partial charge in [-0.1, -0.05) is 24.8 Å². The molecule has 0 bridgehead atoms. The summed E-state index contributed by atoms with van der Waals surface area (Å²) >= 11 is 3.61. The Labute approximate surface area is 175 Å². The van der Waals surface area contributed by atoms with Crippen molar-refractivity contribution in [1.29, 1.82) is 0 Å². The molecule has 1 aliphatic carbocycles. The van der Waals surface area contributed by atoms with Crippen LogP contribution in [0.3, 0.4) is 0 Å². The van der Waals surface area contributed by atoms with Gasteiger partial charge in [-0.15, -0.1) is 0 Å². The second-order valence-corrected chi connectivity index (χ2v) is 8.41. The molecule has 1 aromatic carbocycles. The van der Waals surface area contributed by atoms with Crippen LogP contribution in [0.4, 0.5) is 19.0 Å². The lowest BCUT2D eigenvalue weighted by Gasteiger charge is -2.32. The highest BCUT2D eigenvalue weighted by Gasteiger charge is 2.44. The summed E-state index contributed by atoms with van der Waals surface area (Å²) in [6.45, 7) is 8.13. The Morgan fingerprint density at radius 2 is 2.03 bits per heavy atom. The number of hydrogen-bond donors (Lipinski definition) is 1. The Balaban J connectivity index is 1.75. The van der Waals surface area contributed by atoms with Gasteiger partial charge in [-0.2, -0.15) is 0 Å². The molecule has 1 fully saturated rings. The number of hydrogen-bond acceptors (Lipinski definition) is 4. The molecule has 29 heavy (non-hydrogen) atoms. The van der Waals surface area contributed by atoms with E-state index in [0.717, 1.165) is 34.3 Å². The van der Waals surface area contributed by atoms with Crippen molar-refractivity contribution in [3.63, 3.8) is 0 Å². The van der Waals surface area contributed by atoms with Crippen LogP contribution in [-0.4, -0.2) is 20.4 Å².